The lowest BCUT2D eigenvalue weighted by Crippen LogP contribution is -2.25. The molecular weight excluding hydrogens is 412 g/mol. The minimum absolute atomic E-state index is 0.157. The Kier molecular flexibility index (Phi) is 6.44. The summed E-state index contributed by atoms with van der Waals surface area (Å²) in [5.74, 6) is 0.609. The Balaban J connectivity index is 1.52. The van der Waals surface area contributed by atoms with Gasteiger partial charge in [-0.1, -0.05) is 48.5 Å². The zero-order chi connectivity index (χ0) is 21.5. The van der Waals surface area contributed by atoms with Crippen molar-refractivity contribution in [2.45, 2.75) is 6.54 Å². The van der Waals surface area contributed by atoms with Crippen LogP contribution in [0.3, 0.4) is 0 Å². The number of amides is 2. The quantitative estimate of drug-likeness (QED) is 0.413. The van der Waals surface area contributed by atoms with Crippen molar-refractivity contribution < 1.29 is 18.7 Å². The van der Waals surface area contributed by atoms with Crippen LogP contribution in [0.2, 0.25) is 0 Å². The number of hydrogen-bond acceptors (Lipinski definition) is 5. The molecular formula is C24H20N2O4S. The first kappa shape index (κ1) is 20.4. The fourth-order valence-electron chi connectivity index (χ4n) is 3.00. The Bertz CT molecular complexity index is 1140. The average molecular weight is 433 g/mol. The minimum Gasteiger partial charge on any atom is -0.484 e. The number of ether oxygens (including phenoxy) is 1. The molecule has 4 aromatic rings. The normalized spacial score (nSPS) is 10.5. The largest absolute Gasteiger partial charge is 0.484 e. The van der Waals surface area contributed by atoms with Crippen LogP contribution in [0.5, 0.6) is 5.75 Å². The summed E-state index contributed by atoms with van der Waals surface area (Å²) in [7, 11) is 0. The number of carbonyl (C=O) groups is 2. The van der Waals surface area contributed by atoms with E-state index in [9.17, 15) is 9.59 Å². The number of carbonyl (C=O) groups excluding carboxylic acids is 2. The summed E-state index contributed by atoms with van der Waals surface area (Å²) >= 11 is 1.30. The van der Waals surface area contributed by atoms with Crippen molar-refractivity contribution in [1.82, 2.24) is 5.32 Å². The monoisotopic (exact) mass is 432 g/mol. The number of hydrogen-bond donors (Lipinski definition) is 2. The molecule has 2 aromatic carbocycles. The van der Waals surface area contributed by atoms with Crippen LogP contribution in [0.25, 0.3) is 11.1 Å². The lowest BCUT2D eigenvalue weighted by atomic mass is 10.0. The zero-order valence-electron chi connectivity index (χ0n) is 16.5. The Morgan fingerprint density at radius 3 is 2.39 bits per heavy atom. The molecule has 0 aliphatic rings. The summed E-state index contributed by atoms with van der Waals surface area (Å²) in [6, 6.07) is 22.2. The minimum atomic E-state index is -0.342. The van der Waals surface area contributed by atoms with Crippen molar-refractivity contribution in [3.05, 3.63) is 95.8 Å². The highest BCUT2D eigenvalue weighted by atomic mass is 32.1. The van der Waals surface area contributed by atoms with Crippen molar-refractivity contribution in [1.29, 1.82) is 0 Å². The molecule has 0 saturated heterocycles. The van der Waals surface area contributed by atoms with Gasteiger partial charge in [0.15, 0.2) is 6.61 Å². The van der Waals surface area contributed by atoms with Gasteiger partial charge in [0.1, 0.15) is 16.5 Å². The molecule has 2 N–H and O–H groups in total. The molecule has 2 aromatic heterocycles. The number of thiophene rings is 1. The maximum atomic E-state index is 13.0. The third-order valence-electron chi connectivity index (χ3n) is 4.47. The molecule has 6 nitrogen and oxygen atoms in total. The first-order chi connectivity index (χ1) is 15.2. The molecule has 2 heterocycles. The van der Waals surface area contributed by atoms with Crippen molar-refractivity contribution in [2.75, 3.05) is 11.9 Å². The predicted molar refractivity (Wildman–Crippen MR) is 120 cm³/mol. The van der Waals surface area contributed by atoms with Crippen LogP contribution >= 0.6 is 11.3 Å². The third kappa shape index (κ3) is 5.21. The highest BCUT2D eigenvalue weighted by Crippen LogP contribution is 2.35. The molecule has 0 bridgehead atoms. The van der Waals surface area contributed by atoms with E-state index in [1.807, 2.05) is 53.9 Å². The standard InChI is InChI=1S/C24H20N2O4S/c27-21(15-30-18-10-5-2-6-11-18)26-24-22(23(28)25-14-19-12-7-13-29-19)20(16-31-24)17-8-3-1-4-9-17/h1-13,16H,14-15H2,(H,25,28)(H,26,27). The lowest BCUT2D eigenvalue weighted by molar-refractivity contribution is -0.118. The van der Waals surface area contributed by atoms with Crippen LogP contribution < -0.4 is 15.4 Å². The molecule has 0 spiro atoms. The number of anilines is 1. The van der Waals surface area contributed by atoms with E-state index in [-0.39, 0.29) is 25.0 Å². The van der Waals surface area contributed by atoms with Gasteiger partial charge in [-0.05, 0) is 29.8 Å². The van der Waals surface area contributed by atoms with Crippen molar-refractivity contribution in [3.8, 4) is 16.9 Å². The van der Waals surface area contributed by atoms with Crippen LogP contribution in [0.15, 0.2) is 88.9 Å². The van der Waals surface area contributed by atoms with Gasteiger partial charge in [-0.15, -0.1) is 11.3 Å². The molecule has 0 saturated carbocycles. The SMILES string of the molecule is O=C(COc1ccccc1)Nc1scc(-c2ccccc2)c1C(=O)NCc1ccco1. The lowest BCUT2D eigenvalue weighted by Gasteiger charge is -2.10. The smallest absolute Gasteiger partial charge is 0.262 e. The Morgan fingerprint density at radius 1 is 0.935 bits per heavy atom. The van der Waals surface area contributed by atoms with Gasteiger partial charge in [-0.2, -0.15) is 0 Å². The van der Waals surface area contributed by atoms with E-state index in [0.717, 1.165) is 11.1 Å². The maximum absolute atomic E-state index is 13.0. The second-order valence-electron chi connectivity index (χ2n) is 6.63. The Morgan fingerprint density at radius 2 is 1.68 bits per heavy atom. The Hall–Kier alpha value is -3.84. The summed E-state index contributed by atoms with van der Waals surface area (Å²) in [6.45, 7) is 0.0937. The van der Waals surface area contributed by atoms with Crippen molar-refractivity contribution >= 4 is 28.2 Å². The number of furan rings is 1. The van der Waals surface area contributed by atoms with E-state index in [2.05, 4.69) is 10.6 Å². The van der Waals surface area contributed by atoms with Gasteiger partial charge in [-0.3, -0.25) is 9.59 Å². The second-order valence-corrected chi connectivity index (χ2v) is 7.51. The summed E-state index contributed by atoms with van der Waals surface area (Å²) in [5.41, 5.74) is 2.06. The molecule has 7 heteroatoms. The van der Waals surface area contributed by atoms with E-state index in [1.165, 1.54) is 11.3 Å². The predicted octanol–water partition coefficient (Wildman–Crippen LogP) is 4.96. The second kappa shape index (κ2) is 9.77. The van der Waals surface area contributed by atoms with Gasteiger partial charge in [0.2, 0.25) is 0 Å². The van der Waals surface area contributed by atoms with Gasteiger partial charge in [0.25, 0.3) is 11.8 Å². The molecule has 0 aliphatic carbocycles. The van der Waals surface area contributed by atoms with Gasteiger partial charge < -0.3 is 19.8 Å². The van der Waals surface area contributed by atoms with Crippen LogP contribution in [0.1, 0.15) is 16.1 Å². The third-order valence-corrected chi connectivity index (χ3v) is 5.37. The van der Waals surface area contributed by atoms with Crippen LogP contribution in [0.4, 0.5) is 5.00 Å². The van der Waals surface area contributed by atoms with E-state index in [1.54, 1.807) is 30.5 Å². The number of benzene rings is 2. The fraction of sp³-hybridized carbons (Fsp3) is 0.0833. The van der Waals surface area contributed by atoms with Gasteiger partial charge in [0.05, 0.1) is 18.4 Å². The first-order valence-electron chi connectivity index (χ1n) is 9.66. The summed E-state index contributed by atoms with van der Waals surface area (Å²) in [5, 5.41) is 8.01. The summed E-state index contributed by atoms with van der Waals surface area (Å²) < 4.78 is 10.8. The summed E-state index contributed by atoms with van der Waals surface area (Å²) in [6.07, 6.45) is 1.56. The molecule has 0 atom stereocenters. The average Bonchev–Trinajstić information content (AvgIpc) is 3.47. The topological polar surface area (TPSA) is 80.6 Å². The summed E-state index contributed by atoms with van der Waals surface area (Å²) in [4.78, 5) is 25.5. The zero-order valence-corrected chi connectivity index (χ0v) is 17.4. The van der Waals surface area contributed by atoms with E-state index < -0.39 is 0 Å². The van der Waals surface area contributed by atoms with Crippen molar-refractivity contribution in [2.24, 2.45) is 0 Å². The molecule has 0 radical (unpaired) electrons. The molecule has 0 unspecified atom stereocenters. The molecule has 2 amide bonds. The van der Waals surface area contributed by atoms with Crippen LogP contribution in [0, 0.1) is 0 Å². The Labute approximate surface area is 183 Å². The highest BCUT2D eigenvalue weighted by molar-refractivity contribution is 7.15. The van der Waals surface area contributed by atoms with Crippen LogP contribution in [-0.2, 0) is 11.3 Å². The van der Waals surface area contributed by atoms with E-state index >= 15 is 0 Å². The van der Waals surface area contributed by atoms with Crippen LogP contribution in [-0.4, -0.2) is 18.4 Å². The molecule has 156 valence electrons. The molecule has 0 fully saturated rings. The van der Waals surface area contributed by atoms with E-state index in [4.69, 9.17) is 9.15 Å². The molecule has 0 aliphatic heterocycles. The van der Waals surface area contributed by atoms with Gasteiger partial charge >= 0.3 is 0 Å². The first-order valence-corrected chi connectivity index (χ1v) is 10.5. The number of nitrogens with one attached hydrogen (secondary N) is 2. The van der Waals surface area contributed by atoms with Crippen molar-refractivity contribution in [3.63, 3.8) is 0 Å². The highest BCUT2D eigenvalue weighted by Gasteiger charge is 2.22. The number of rotatable bonds is 8. The number of para-hydroxylation sites is 1. The maximum Gasteiger partial charge on any atom is 0.262 e. The molecule has 31 heavy (non-hydrogen) atoms. The van der Waals surface area contributed by atoms with Gasteiger partial charge in [-0.25, -0.2) is 0 Å². The van der Waals surface area contributed by atoms with E-state index in [0.29, 0.717) is 22.1 Å². The van der Waals surface area contributed by atoms with Gasteiger partial charge in [0, 0.05) is 10.9 Å². The molecule has 4 rings (SSSR count). The fourth-order valence-corrected chi connectivity index (χ4v) is 3.99.